The number of aromatic nitrogens is 2. The Hall–Kier alpha value is -2.65. The van der Waals surface area contributed by atoms with E-state index in [9.17, 15) is 9.59 Å². The highest BCUT2D eigenvalue weighted by Gasteiger charge is 2.21. The predicted octanol–water partition coefficient (Wildman–Crippen LogP) is 4.75. The van der Waals surface area contributed by atoms with Crippen LogP contribution in [0.3, 0.4) is 0 Å². The monoisotopic (exact) mass is 486 g/mol. The molecule has 4 rings (SSSR count). The second-order valence-electron chi connectivity index (χ2n) is 6.73. The lowest BCUT2D eigenvalue weighted by Gasteiger charge is -2.16. The van der Waals surface area contributed by atoms with Crippen LogP contribution in [-0.2, 0) is 9.59 Å². The van der Waals surface area contributed by atoms with Gasteiger partial charge >= 0.3 is 0 Å². The normalized spacial score (nSPS) is 13.6. The fourth-order valence-corrected chi connectivity index (χ4v) is 4.20. The van der Waals surface area contributed by atoms with Crippen LogP contribution in [0.2, 0.25) is 0 Å². The van der Waals surface area contributed by atoms with Crippen LogP contribution in [0, 0.1) is 0 Å². The van der Waals surface area contributed by atoms with Gasteiger partial charge in [0.1, 0.15) is 0 Å². The first-order chi connectivity index (χ1) is 14.6. The third-order valence-electron chi connectivity index (χ3n) is 4.57. The van der Waals surface area contributed by atoms with Crippen molar-refractivity contribution in [1.82, 2.24) is 10.2 Å². The van der Waals surface area contributed by atoms with E-state index in [2.05, 4.69) is 31.4 Å². The van der Waals surface area contributed by atoms with Crippen LogP contribution in [0.25, 0.3) is 11.5 Å². The van der Waals surface area contributed by atoms with Crippen LogP contribution in [0.15, 0.2) is 62.6 Å². The molecule has 2 aromatic carbocycles. The van der Waals surface area contributed by atoms with Crippen molar-refractivity contribution in [2.45, 2.75) is 24.5 Å². The summed E-state index contributed by atoms with van der Waals surface area (Å²) in [5.41, 5.74) is 2.40. The van der Waals surface area contributed by atoms with Crippen molar-refractivity contribution in [3.63, 3.8) is 0 Å². The molecule has 0 radical (unpaired) electrons. The lowest BCUT2D eigenvalue weighted by Crippen LogP contribution is -2.23. The van der Waals surface area contributed by atoms with Gasteiger partial charge in [-0.15, -0.1) is 10.2 Å². The predicted molar refractivity (Wildman–Crippen MR) is 119 cm³/mol. The largest absolute Gasteiger partial charge is 0.411 e. The van der Waals surface area contributed by atoms with Crippen molar-refractivity contribution in [2.24, 2.45) is 0 Å². The minimum Gasteiger partial charge on any atom is -0.411 e. The number of anilines is 2. The first-order valence-electron chi connectivity index (χ1n) is 9.51. The first-order valence-corrected chi connectivity index (χ1v) is 11.3. The second-order valence-corrected chi connectivity index (χ2v) is 8.69. The van der Waals surface area contributed by atoms with Gasteiger partial charge in [-0.25, -0.2) is 0 Å². The Morgan fingerprint density at radius 1 is 1.20 bits per heavy atom. The van der Waals surface area contributed by atoms with E-state index in [1.54, 1.807) is 4.90 Å². The number of amides is 2. The Bertz CT molecular complexity index is 1050. The quantitative estimate of drug-likeness (QED) is 0.484. The van der Waals surface area contributed by atoms with Gasteiger partial charge in [-0.3, -0.25) is 9.59 Å². The van der Waals surface area contributed by atoms with Crippen molar-refractivity contribution >= 4 is 50.9 Å². The summed E-state index contributed by atoms with van der Waals surface area (Å²) in [7, 11) is 0. The molecule has 154 valence electrons. The highest BCUT2D eigenvalue weighted by molar-refractivity contribution is 9.10. The summed E-state index contributed by atoms with van der Waals surface area (Å²) in [5.74, 6) is 1.01. The number of benzene rings is 2. The van der Waals surface area contributed by atoms with E-state index in [1.807, 2.05) is 48.5 Å². The Morgan fingerprint density at radius 3 is 2.77 bits per heavy atom. The van der Waals surface area contributed by atoms with E-state index in [1.165, 1.54) is 11.8 Å². The summed E-state index contributed by atoms with van der Waals surface area (Å²) < 4.78 is 6.59. The van der Waals surface area contributed by atoms with E-state index in [0.717, 1.165) is 28.7 Å². The molecule has 0 unspecified atom stereocenters. The maximum Gasteiger partial charge on any atom is 0.276 e. The topological polar surface area (TPSA) is 88.3 Å². The van der Waals surface area contributed by atoms with Crippen molar-refractivity contribution in [3.8, 4) is 11.5 Å². The zero-order chi connectivity index (χ0) is 20.9. The Balaban J connectivity index is 1.25. The Labute approximate surface area is 186 Å². The summed E-state index contributed by atoms with van der Waals surface area (Å²) in [6, 6.07) is 15.0. The SMILES string of the molecule is O=C(CCSc1nnc(-c2cccc(Br)c2)o1)Nc1ccc(N2CCCC2=O)cc1. The maximum atomic E-state index is 12.2. The standard InChI is InChI=1S/C21H19BrN4O3S/c22-15-4-1-3-14(13-15)20-24-25-21(29-20)30-12-10-18(27)23-16-6-8-17(9-7-16)26-11-2-5-19(26)28/h1,3-4,6-9,13H,2,5,10-12H2,(H,23,27). The van der Waals surface area contributed by atoms with Gasteiger partial charge in [-0.1, -0.05) is 33.8 Å². The first kappa shape index (κ1) is 20.6. The van der Waals surface area contributed by atoms with Crippen LogP contribution in [-0.4, -0.2) is 34.3 Å². The molecular formula is C21H19BrN4O3S. The molecule has 7 nitrogen and oxygen atoms in total. The van der Waals surface area contributed by atoms with Gasteiger partial charge in [0.2, 0.25) is 17.7 Å². The molecule has 1 aromatic heterocycles. The average molecular weight is 487 g/mol. The number of nitrogens with zero attached hydrogens (tertiary/aromatic N) is 3. The fraction of sp³-hybridized carbons (Fsp3) is 0.238. The van der Waals surface area contributed by atoms with Crippen LogP contribution < -0.4 is 10.2 Å². The summed E-state index contributed by atoms with van der Waals surface area (Å²) >= 11 is 4.76. The summed E-state index contributed by atoms with van der Waals surface area (Å²) in [4.78, 5) is 25.8. The third kappa shape index (κ3) is 5.09. The minimum atomic E-state index is -0.0979. The van der Waals surface area contributed by atoms with Crippen molar-refractivity contribution in [2.75, 3.05) is 22.5 Å². The smallest absolute Gasteiger partial charge is 0.276 e. The number of carbonyl (C=O) groups is 2. The summed E-state index contributed by atoms with van der Waals surface area (Å²) in [6.45, 7) is 0.751. The van der Waals surface area contributed by atoms with Gasteiger partial charge in [-0.05, 0) is 48.9 Å². The zero-order valence-corrected chi connectivity index (χ0v) is 18.4. The molecule has 0 atom stereocenters. The van der Waals surface area contributed by atoms with E-state index in [4.69, 9.17) is 4.42 Å². The average Bonchev–Trinajstić information content (AvgIpc) is 3.38. The van der Waals surface area contributed by atoms with Crippen LogP contribution >= 0.6 is 27.7 Å². The van der Waals surface area contributed by atoms with E-state index in [0.29, 0.717) is 35.4 Å². The molecule has 2 heterocycles. The van der Waals surface area contributed by atoms with Crippen molar-refractivity contribution in [1.29, 1.82) is 0 Å². The van der Waals surface area contributed by atoms with Gasteiger partial charge in [0.15, 0.2) is 0 Å². The molecule has 1 aliphatic rings. The molecule has 1 fully saturated rings. The number of thioether (sulfide) groups is 1. The van der Waals surface area contributed by atoms with Crippen LogP contribution in [0.1, 0.15) is 19.3 Å². The van der Waals surface area contributed by atoms with Gasteiger partial charge in [0.25, 0.3) is 5.22 Å². The molecule has 0 bridgehead atoms. The zero-order valence-electron chi connectivity index (χ0n) is 16.0. The molecular weight excluding hydrogens is 468 g/mol. The fourth-order valence-electron chi connectivity index (χ4n) is 3.11. The number of nitrogens with one attached hydrogen (secondary N) is 1. The van der Waals surface area contributed by atoms with Crippen molar-refractivity contribution < 1.29 is 14.0 Å². The van der Waals surface area contributed by atoms with Crippen molar-refractivity contribution in [3.05, 3.63) is 53.0 Å². The number of rotatable bonds is 7. The number of halogens is 1. The molecule has 0 spiro atoms. The number of carbonyl (C=O) groups excluding carboxylic acids is 2. The molecule has 30 heavy (non-hydrogen) atoms. The molecule has 0 aliphatic carbocycles. The van der Waals surface area contributed by atoms with Gasteiger partial charge < -0.3 is 14.6 Å². The van der Waals surface area contributed by atoms with E-state index < -0.39 is 0 Å². The molecule has 1 aliphatic heterocycles. The van der Waals surface area contributed by atoms with E-state index in [-0.39, 0.29) is 11.8 Å². The summed E-state index contributed by atoms with van der Waals surface area (Å²) in [6.07, 6.45) is 1.80. The molecule has 1 saturated heterocycles. The van der Waals surface area contributed by atoms with Gasteiger partial charge in [0, 0.05) is 46.6 Å². The molecule has 1 N–H and O–H groups in total. The minimum absolute atomic E-state index is 0.0979. The van der Waals surface area contributed by atoms with Gasteiger partial charge in [0.05, 0.1) is 0 Å². The highest BCUT2D eigenvalue weighted by atomic mass is 79.9. The Kier molecular flexibility index (Phi) is 6.49. The van der Waals surface area contributed by atoms with E-state index >= 15 is 0 Å². The number of hydrogen-bond acceptors (Lipinski definition) is 6. The van der Waals surface area contributed by atoms with Crippen LogP contribution in [0.4, 0.5) is 11.4 Å². The molecule has 3 aromatic rings. The maximum absolute atomic E-state index is 12.2. The number of hydrogen-bond donors (Lipinski definition) is 1. The second kappa shape index (κ2) is 9.44. The van der Waals surface area contributed by atoms with Crippen LogP contribution in [0.5, 0.6) is 0 Å². The molecule has 0 saturated carbocycles. The summed E-state index contributed by atoms with van der Waals surface area (Å²) in [5, 5.41) is 11.4. The lowest BCUT2D eigenvalue weighted by atomic mass is 10.2. The van der Waals surface area contributed by atoms with Gasteiger partial charge in [-0.2, -0.15) is 0 Å². The Morgan fingerprint density at radius 2 is 2.03 bits per heavy atom. The molecule has 2 amide bonds. The lowest BCUT2D eigenvalue weighted by molar-refractivity contribution is -0.117. The third-order valence-corrected chi connectivity index (χ3v) is 5.88. The molecule has 9 heteroatoms. The highest BCUT2D eigenvalue weighted by Crippen LogP contribution is 2.26.